The molecular weight excluding hydrogens is 723 g/mol. The largest absolute Gasteiger partial charge is 0.381 e. The SMILES string of the molecule is CCC(C)(C(C(C)(CC)C1(C)CCN2CN(CO)C(C)(CC)C21C)C(C)(CC)C1(C)NCN2CN(CO)C(C)(CC)C21C)C1(C)CCN2CN(CO)C(C)(CC)C21C. The maximum absolute atomic E-state index is 11.0. The Balaban J connectivity index is 1.73. The zero-order valence-corrected chi connectivity index (χ0v) is 41.1. The fraction of sp³-hybridized carbons (Fsp3) is 1.00. The van der Waals surface area contributed by atoms with Crippen molar-refractivity contribution < 1.29 is 15.3 Å². The van der Waals surface area contributed by atoms with Gasteiger partial charge in [-0.05, 0) is 133 Å². The van der Waals surface area contributed by atoms with E-state index in [1.807, 2.05) is 0 Å². The van der Waals surface area contributed by atoms with E-state index in [0.717, 1.165) is 91.1 Å². The van der Waals surface area contributed by atoms with Gasteiger partial charge in [0.2, 0.25) is 0 Å². The van der Waals surface area contributed by atoms with Crippen molar-refractivity contribution in [3.8, 4) is 0 Å². The van der Waals surface area contributed by atoms with E-state index in [-0.39, 0.29) is 92.0 Å². The Bertz CT molecular complexity index is 1380. The average molecular weight is 816 g/mol. The normalized spacial score (nSPS) is 47.9. The zero-order chi connectivity index (χ0) is 43.8. The van der Waals surface area contributed by atoms with Crippen LogP contribution in [0.25, 0.3) is 0 Å². The van der Waals surface area contributed by atoms with E-state index in [4.69, 9.17) is 0 Å². The van der Waals surface area contributed by atoms with Crippen LogP contribution in [0.3, 0.4) is 0 Å². The maximum Gasteiger partial charge on any atom is 0.0971 e. The minimum atomic E-state index is -0.339. The second-order valence-corrected chi connectivity index (χ2v) is 23.0. The molecule has 0 bridgehead atoms. The van der Waals surface area contributed by atoms with Crippen LogP contribution < -0.4 is 5.32 Å². The molecule has 0 aliphatic carbocycles. The molecule has 6 aliphatic heterocycles. The summed E-state index contributed by atoms with van der Waals surface area (Å²) >= 11 is 0. The van der Waals surface area contributed by atoms with Crippen molar-refractivity contribution in [2.75, 3.05) is 60.0 Å². The van der Waals surface area contributed by atoms with Crippen LogP contribution in [0.4, 0.5) is 0 Å². The number of nitrogens with zero attached hydrogens (tertiary/aromatic N) is 6. The number of aliphatic hydroxyl groups is 3. The van der Waals surface area contributed by atoms with Crippen LogP contribution in [0.1, 0.15) is 176 Å². The van der Waals surface area contributed by atoms with Crippen molar-refractivity contribution in [1.82, 2.24) is 34.7 Å². The number of hydrogen-bond acceptors (Lipinski definition) is 10. The van der Waals surface area contributed by atoms with Gasteiger partial charge in [0.15, 0.2) is 0 Å². The number of rotatable bonds is 15. The van der Waals surface area contributed by atoms with Gasteiger partial charge >= 0.3 is 0 Å². The summed E-state index contributed by atoms with van der Waals surface area (Å²) in [7, 11) is 0. The van der Waals surface area contributed by atoms with Gasteiger partial charge in [0.1, 0.15) is 0 Å². The van der Waals surface area contributed by atoms with Gasteiger partial charge in [-0.3, -0.25) is 34.7 Å². The van der Waals surface area contributed by atoms with E-state index >= 15 is 0 Å². The molecule has 0 aromatic heterocycles. The minimum Gasteiger partial charge on any atom is -0.381 e. The molecule has 6 aliphatic rings. The molecule has 12 unspecified atom stereocenters. The van der Waals surface area contributed by atoms with Crippen molar-refractivity contribution >= 4 is 0 Å². The van der Waals surface area contributed by atoms with Crippen LogP contribution in [-0.4, -0.2) is 143 Å². The summed E-state index contributed by atoms with van der Waals surface area (Å²) in [5, 5.41) is 37.5. The van der Waals surface area contributed by atoms with Crippen LogP contribution in [0.2, 0.25) is 0 Å². The van der Waals surface area contributed by atoms with E-state index < -0.39 is 0 Å². The third-order valence-electron chi connectivity index (χ3n) is 24.0. The van der Waals surface area contributed by atoms with Crippen LogP contribution in [-0.2, 0) is 0 Å². The Kier molecular flexibility index (Phi) is 11.6. The Morgan fingerprint density at radius 2 is 0.828 bits per heavy atom. The molecule has 0 saturated carbocycles. The molecule has 0 aromatic carbocycles. The lowest BCUT2D eigenvalue weighted by Crippen LogP contribution is -2.79. The van der Waals surface area contributed by atoms with Crippen molar-refractivity contribution in [3.63, 3.8) is 0 Å². The first-order valence-electron chi connectivity index (χ1n) is 23.9. The fourth-order valence-electron chi connectivity index (χ4n) is 18.2. The quantitative estimate of drug-likeness (QED) is 0.135. The third kappa shape index (κ3) is 4.66. The molecule has 6 fully saturated rings. The number of nitrogens with one attached hydrogen (secondary N) is 1. The number of hydrogen-bond donors (Lipinski definition) is 4. The summed E-state index contributed by atoms with van der Waals surface area (Å²) in [6.45, 7) is 51.5. The predicted molar refractivity (Wildman–Crippen MR) is 238 cm³/mol. The summed E-state index contributed by atoms with van der Waals surface area (Å²) in [6.07, 6.45) is 8.28. The van der Waals surface area contributed by atoms with Gasteiger partial charge in [-0.25, -0.2) is 0 Å². The Morgan fingerprint density at radius 3 is 1.14 bits per heavy atom. The van der Waals surface area contributed by atoms with E-state index in [0.29, 0.717) is 0 Å². The summed E-state index contributed by atoms with van der Waals surface area (Å²) < 4.78 is 0. The molecular formula is C48H93N7O3. The first-order chi connectivity index (χ1) is 26.8. The van der Waals surface area contributed by atoms with Crippen LogP contribution in [0, 0.1) is 33.0 Å². The Labute approximate surface area is 356 Å². The van der Waals surface area contributed by atoms with E-state index in [1.165, 1.54) is 0 Å². The highest BCUT2D eigenvalue weighted by Crippen LogP contribution is 2.78. The molecule has 0 radical (unpaired) electrons. The lowest BCUT2D eigenvalue weighted by Gasteiger charge is -2.73. The highest BCUT2D eigenvalue weighted by Gasteiger charge is 2.82. The molecule has 338 valence electrons. The second kappa shape index (κ2) is 14.3. The van der Waals surface area contributed by atoms with Gasteiger partial charge < -0.3 is 15.3 Å². The van der Waals surface area contributed by atoms with Gasteiger partial charge in [0.05, 0.1) is 52.4 Å². The molecule has 6 rings (SSSR count). The fourth-order valence-corrected chi connectivity index (χ4v) is 18.2. The van der Waals surface area contributed by atoms with Crippen LogP contribution >= 0.6 is 0 Å². The summed E-state index contributed by atoms with van der Waals surface area (Å²) in [5.41, 5.74) is -2.45. The molecule has 0 amide bonds. The van der Waals surface area contributed by atoms with E-state index in [2.05, 4.69) is 159 Å². The number of fused-ring (bicyclic) bond motifs is 3. The van der Waals surface area contributed by atoms with Crippen molar-refractivity contribution in [3.05, 3.63) is 0 Å². The molecule has 10 heteroatoms. The Hall–Kier alpha value is -0.400. The lowest BCUT2D eigenvalue weighted by atomic mass is 9.32. The molecule has 12 atom stereocenters. The first kappa shape index (κ1) is 47.1. The van der Waals surface area contributed by atoms with Gasteiger partial charge in [-0.15, -0.1) is 0 Å². The van der Waals surface area contributed by atoms with E-state index in [9.17, 15) is 15.3 Å². The molecule has 0 aromatic rings. The highest BCUT2D eigenvalue weighted by atomic mass is 16.3. The first-order valence-corrected chi connectivity index (χ1v) is 23.9. The summed E-state index contributed by atoms with van der Waals surface area (Å²) in [6, 6.07) is 0. The monoisotopic (exact) mass is 816 g/mol. The standard InChI is InChI=1S/C48H93N7O3/c1-19-37(7,40(10)25-27-50-30-53(33-56)42(12,22-4)46(40,50)16)36(38(8,20-2)41(11)26-28-51-31-54(34-57)43(13,23-5)47(41,51)17)39(9,21-3)45(15)48(18)44(14,24-6)55(35-58)32-52(48)29-49-45/h36,49,56-58H,19-35H2,1-18H3. The predicted octanol–water partition coefficient (Wildman–Crippen LogP) is 7.35. The molecule has 58 heavy (non-hydrogen) atoms. The summed E-state index contributed by atoms with van der Waals surface area (Å²) in [5.74, 6) is 0.239. The van der Waals surface area contributed by atoms with Crippen LogP contribution in [0.5, 0.6) is 0 Å². The lowest BCUT2D eigenvalue weighted by molar-refractivity contribution is -0.233. The third-order valence-corrected chi connectivity index (χ3v) is 24.0. The summed E-state index contributed by atoms with van der Waals surface area (Å²) in [4.78, 5) is 15.3. The van der Waals surface area contributed by atoms with Crippen molar-refractivity contribution in [2.45, 2.75) is 215 Å². The smallest absolute Gasteiger partial charge is 0.0971 e. The average Bonchev–Trinajstić information content (AvgIpc) is 3.95. The molecule has 4 N–H and O–H groups in total. The molecule has 10 nitrogen and oxygen atoms in total. The van der Waals surface area contributed by atoms with Gasteiger partial charge in [0.25, 0.3) is 0 Å². The van der Waals surface area contributed by atoms with Gasteiger partial charge in [-0.1, -0.05) is 76.2 Å². The van der Waals surface area contributed by atoms with E-state index in [1.54, 1.807) is 0 Å². The van der Waals surface area contributed by atoms with Gasteiger partial charge in [-0.2, -0.15) is 0 Å². The minimum absolute atomic E-state index is 0.0601. The van der Waals surface area contributed by atoms with Crippen molar-refractivity contribution in [1.29, 1.82) is 0 Å². The molecule has 0 spiro atoms. The molecule has 6 saturated heterocycles. The second-order valence-electron chi connectivity index (χ2n) is 23.0. The van der Waals surface area contributed by atoms with Gasteiger partial charge in [0, 0.05) is 46.3 Å². The Morgan fingerprint density at radius 1 is 0.500 bits per heavy atom. The zero-order valence-electron chi connectivity index (χ0n) is 41.1. The highest BCUT2D eigenvalue weighted by molar-refractivity contribution is 5.35. The maximum atomic E-state index is 11.0. The molecule has 6 heterocycles. The number of aliphatic hydroxyl groups excluding tert-OH is 3. The topological polar surface area (TPSA) is 92.2 Å². The van der Waals surface area contributed by atoms with Crippen LogP contribution in [0.15, 0.2) is 0 Å². The van der Waals surface area contributed by atoms with Crippen molar-refractivity contribution in [2.24, 2.45) is 33.0 Å².